The molecule has 0 spiro atoms. The molecular formula is C17H21N5O. The minimum Gasteiger partial charge on any atom is -0.494 e. The molecule has 0 amide bonds. The van der Waals surface area contributed by atoms with Crippen molar-refractivity contribution in [2.24, 2.45) is 0 Å². The van der Waals surface area contributed by atoms with Gasteiger partial charge in [-0.3, -0.25) is 4.68 Å². The van der Waals surface area contributed by atoms with Crippen molar-refractivity contribution in [3.63, 3.8) is 0 Å². The van der Waals surface area contributed by atoms with Crippen LogP contribution < -0.4 is 10.1 Å². The molecule has 0 saturated heterocycles. The zero-order valence-electron chi connectivity index (χ0n) is 13.7. The number of aromatic nitrogens is 4. The normalized spacial score (nSPS) is 10.9. The maximum absolute atomic E-state index is 5.42. The van der Waals surface area contributed by atoms with Crippen LogP contribution in [0.1, 0.15) is 18.3 Å². The van der Waals surface area contributed by atoms with Gasteiger partial charge in [0.05, 0.1) is 12.8 Å². The van der Waals surface area contributed by atoms with Crippen LogP contribution in [0.4, 0.5) is 5.69 Å². The number of aryl methyl sites for hydroxylation is 2. The highest BCUT2D eigenvalue weighted by Gasteiger charge is 2.08. The van der Waals surface area contributed by atoms with Crippen LogP contribution in [-0.4, -0.2) is 33.6 Å². The van der Waals surface area contributed by atoms with Gasteiger partial charge in [0.1, 0.15) is 11.3 Å². The third kappa shape index (κ3) is 3.26. The van der Waals surface area contributed by atoms with Crippen LogP contribution in [0.5, 0.6) is 5.75 Å². The lowest BCUT2D eigenvalue weighted by Crippen LogP contribution is -2.06. The molecule has 0 saturated carbocycles. The Morgan fingerprint density at radius 2 is 2.17 bits per heavy atom. The van der Waals surface area contributed by atoms with E-state index >= 15 is 0 Å². The second-order valence-corrected chi connectivity index (χ2v) is 5.41. The largest absolute Gasteiger partial charge is 0.494 e. The number of pyridine rings is 1. The molecule has 0 aliphatic rings. The lowest BCUT2D eigenvalue weighted by Gasteiger charge is -2.12. The summed E-state index contributed by atoms with van der Waals surface area (Å²) in [6.45, 7) is 5.67. The van der Waals surface area contributed by atoms with Crippen molar-refractivity contribution in [1.82, 2.24) is 20.0 Å². The van der Waals surface area contributed by atoms with Gasteiger partial charge in [-0.2, -0.15) is 0 Å². The van der Waals surface area contributed by atoms with Crippen molar-refractivity contribution in [3.8, 4) is 5.75 Å². The molecule has 0 aliphatic heterocycles. The van der Waals surface area contributed by atoms with Gasteiger partial charge in [-0.15, -0.1) is 5.10 Å². The van der Waals surface area contributed by atoms with Gasteiger partial charge in [0.15, 0.2) is 0 Å². The van der Waals surface area contributed by atoms with Crippen molar-refractivity contribution in [1.29, 1.82) is 0 Å². The Kier molecular flexibility index (Phi) is 4.41. The van der Waals surface area contributed by atoms with E-state index in [0.717, 1.165) is 53.2 Å². The summed E-state index contributed by atoms with van der Waals surface area (Å²) in [6.07, 6.45) is 2.81. The topological polar surface area (TPSA) is 64.9 Å². The molecular weight excluding hydrogens is 290 g/mol. The molecule has 120 valence electrons. The average Bonchev–Trinajstić information content (AvgIpc) is 3.02. The lowest BCUT2D eigenvalue weighted by molar-refractivity contribution is 0.419. The van der Waals surface area contributed by atoms with E-state index in [4.69, 9.17) is 4.74 Å². The molecule has 0 fully saturated rings. The molecule has 3 rings (SSSR count). The first-order valence-electron chi connectivity index (χ1n) is 7.78. The zero-order valence-corrected chi connectivity index (χ0v) is 13.7. The fourth-order valence-electron chi connectivity index (χ4n) is 2.59. The van der Waals surface area contributed by atoms with E-state index in [0.29, 0.717) is 0 Å². The van der Waals surface area contributed by atoms with Gasteiger partial charge >= 0.3 is 0 Å². The third-order valence-electron chi connectivity index (χ3n) is 3.76. The molecule has 1 aromatic carbocycles. The predicted octanol–water partition coefficient (Wildman–Crippen LogP) is 2.82. The summed E-state index contributed by atoms with van der Waals surface area (Å²) in [4.78, 5) is 4.60. The minimum absolute atomic E-state index is 0.790. The Balaban J connectivity index is 1.79. The third-order valence-corrected chi connectivity index (χ3v) is 3.76. The molecule has 0 atom stereocenters. The van der Waals surface area contributed by atoms with E-state index in [1.165, 1.54) is 0 Å². The Morgan fingerprint density at radius 1 is 1.30 bits per heavy atom. The van der Waals surface area contributed by atoms with Gasteiger partial charge in [0.25, 0.3) is 0 Å². The molecule has 1 N–H and O–H groups in total. The van der Waals surface area contributed by atoms with E-state index in [1.54, 1.807) is 7.11 Å². The van der Waals surface area contributed by atoms with Crippen LogP contribution in [0.3, 0.4) is 0 Å². The second kappa shape index (κ2) is 6.64. The first-order valence-corrected chi connectivity index (χ1v) is 7.78. The summed E-state index contributed by atoms with van der Waals surface area (Å²) in [5.74, 6) is 0.792. The second-order valence-electron chi connectivity index (χ2n) is 5.41. The summed E-state index contributed by atoms with van der Waals surface area (Å²) in [7, 11) is 1.67. The van der Waals surface area contributed by atoms with E-state index in [1.807, 2.05) is 29.9 Å². The highest BCUT2D eigenvalue weighted by Crippen LogP contribution is 2.29. The quantitative estimate of drug-likeness (QED) is 0.758. The fourth-order valence-corrected chi connectivity index (χ4v) is 2.59. The van der Waals surface area contributed by atoms with Crippen LogP contribution in [0.2, 0.25) is 0 Å². The van der Waals surface area contributed by atoms with E-state index in [9.17, 15) is 0 Å². The maximum Gasteiger partial charge on any atom is 0.145 e. The molecule has 0 aliphatic carbocycles. The molecule has 2 heterocycles. The summed E-state index contributed by atoms with van der Waals surface area (Å²) >= 11 is 0. The number of hydrogen-bond donors (Lipinski definition) is 1. The van der Waals surface area contributed by atoms with E-state index in [-0.39, 0.29) is 0 Å². The molecule has 0 bridgehead atoms. The lowest BCUT2D eigenvalue weighted by atomic mass is 10.1. The van der Waals surface area contributed by atoms with Gasteiger partial charge in [-0.05, 0) is 26.0 Å². The summed E-state index contributed by atoms with van der Waals surface area (Å²) < 4.78 is 7.25. The number of ether oxygens (including phenoxy) is 1. The van der Waals surface area contributed by atoms with Crippen LogP contribution in [0, 0.1) is 6.92 Å². The van der Waals surface area contributed by atoms with E-state index < -0.39 is 0 Å². The Morgan fingerprint density at radius 3 is 2.91 bits per heavy atom. The van der Waals surface area contributed by atoms with Crippen molar-refractivity contribution < 1.29 is 4.74 Å². The highest BCUT2D eigenvalue weighted by molar-refractivity contribution is 5.95. The Labute approximate surface area is 135 Å². The smallest absolute Gasteiger partial charge is 0.145 e. The molecule has 2 aromatic heterocycles. The van der Waals surface area contributed by atoms with Crippen molar-refractivity contribution in [2.45, 2.75) is 26.8 Å². The molecule has 23 heavy (non-hydrogen) atoms. The van der Waals surface area contributed by atoms with Gasteiger partial charge in [-0.25, -0.2) is 4.98 Å². The Bertz CT molecular complexity index is 812. The van der Waals surface area contributed by atoms with Gasteiger partial charge < -0.3 is 10.1 Å². The molecule has 3 aromatic rings. The first kappa shape index (κ1) is 15.3. The monoisotopic (exact) mass is 311 g/mol. The molecule has 6 nitrogen and oxygen atoms in total. The predicted molar refractivity (Wildman–Crippen MR) is 90.9 cm³/mol. The van der Waals surface area contributed by atoms with Gasteiger partial charge in [0.2, 0.25) is 0 Å². The minimum atomic E-state index is 0.790. The number of benzene rings is 1. The standard InChI is InChI=1S/C17H21N5O/c1-4-22-11-13(20-21-22)8-9-18-15-10-12(2)19-17-14(15)6-5-7-16(17)23-3/h5-7,10-11H,4,8-9H2,1-3H3,(H,18,19). The summed E-state index contributed by atoms with van der Waals surface area (Å²) in [5, 5.41) is 12.8. The number of nitrogens with zero attached hydrogens (tertiary/aromatic N) is 4. The highest BCUT2D eigenvalue weighted by atomic mass is 16.5. The van der Waals surface area contributed by atoms with Crippen LogP contribution >= 0.6 is 0 Å². The number of methoxy groups -OCH3 is 1. The molecule has 0 unspecified atom stereocenters. The van der Waals surface area contributed by atoms with Crippen LogP contribution in [0.25, 0.3) is 10.9 Å². The molecule has 0 radical (unpaired) electrons. The fraction of sp³-hybridized carbons (Fsp3) is 0.353. The Hall–Kier alpha value is -2.63. The van der Waals surface area contributed by atoms with Crippen molar-refractivity contribution in [2.75, 3.05) is 19.0 Å². The number of hydrogen-bond acceptors (Lipinski definition) is 5. The summed E-state index contributed by atoms with van der Waals surface area (Å²) in [5.41, 5.74) is 3.90. The maximum atomic E-state index is 5.42. The number of fused-ring (bicyclic) bond motifs is 1. The number of para-hydroxylation sites is 1. The number of rotatable bonds is 6. The van der Waals surface area contributed by atoms with E-state index in [2.05, 4.69) is 39.7 Å². The first-order chi connectivity index (χ1) is 11.2. The SMILES string of the molecule is CCn1cc(CCNc2cc(C)nc3c(OC)cccc23)nn1. The number of anilines is 1. The van der Waals surface area contributed by atoms with Crippen LogP contribution in [-0.2, 0) is 13.0 Å². The van der Waals surface area contributed by atoms with Gasteiger partial charge in [-0.1, -0.05) is 17.3 Å². The van der Waals surface area contributed by atoms with Crippen molar-refractivity contribution in [3.05, 3.63) is 41.9 Å². The molecule has 6 heteroatoms. The zero-order chi connectivity index (χ0) is 16.2. The van der Waals surface area contributed by atoms with Crippen molar-refractivity contribution >= 4 is 16.6 Å². The number of nitrogens with one attached hydrogen (secondary N) is 1. The van der Waals surface area contributed by atoms with Gasteiger partial charge in [0, 0.05) is 42.5 Å². The van der Waals surface area contributed by atoms with Crippen LogP contribution in [0.15, 0.2) is 30.5 Å². The average molecular weight is 311 g/mol. The summed E-state index contributed by atoms with van der Waals surface area (Å²) in [6, 6.07) is 8.03.